The van der Waals surface area contributed by atoms with E-state index in [2.05, 4.69) is 15.1 Å². The van der Waals surface area contributed by atoms with Crippen LogP contribution in [-0.4, -0.2) is 50.8 Å². The molecule has 0 saturated heterocycles. The molecule has 1 atom stereocenters. The first-order valence-electron chi connectivity index (χ1n) is 9.04. The van der Waals surface area contributed by atoms with E-state index in [0.717, 1.165) is 11.1 Å². The van der Waals surface area contributed by atoms with Gasteiger partial charge in [-0.1, -0.05) is 30.3 Å². The van der Waals surface area contributed by atoms with Crippen LogP contribution in [0.1, 0.15) is 5.56 Å². The maximum Gasteiger partial charge on any atom is 0.245 e. The van der Waals surface area contributed by atoms with Gasteiger partial charge in [0, 0.05) is 29.9 Å². The number of hydrogen-bond acceptors (Lipinski definition) is 6. The third-order valence-electron chi connectivity index (χ3n) is 4.60. The molecule has 1 unspecified atom stereocenters. The fourth-order valence-electron chi connectivity index (χ4n) is 3.15. The molecule has 148 valence electrons. The van der Waals surface area contributed by atoms with Gasteiger partial charge < -0.3 is 4.90 Å². The maximum atomic E-state index is 13.1. The number of carbonyl (C=O) groups is 1. The van der Waals surface area contributed by atoms with Crippen LogP contribution < -0.4 is 0 Å². The molecule has 2 aromatic heterocycles. The lowest BCUT2D eigenvalue weighted by molar-refractivity contribution is -0.133. The predicted octanol–water partition coefficient (Wildman–Crippen LogP) is 1.68. The Morgan fingerprint density at radius 3 is 2.59 bits per heavy atom. The van der Waals surface area contributed by atoms with Crippen LogP contribution >= 0.6 is 0 Å². The summed E-state index contributed by atoms with van der Waals surface area (Å²) < 4.78 is 25.2. The van der Waals surface area contributed by atoms with Crippen molar-refractivity contribution in [2.45, 2.75) is 19.1 Å². The summed E-state index contributed by atoms with van der Waals surface area (Å²) in [6.07, 6.45) is 6.35. The van der Waals surface area contributed by atoms with E-state index in [1.807, 2.05) is 30.3 Å². The van der Waals surface area contributed by atoms with Crippen molar-refractivity contribution in [1.82, 2.24) is 24.6 Å². The molecule has 9 heteroatoms. The monoisotopic (exact) mass is 409 g/mol. The van der Waals surface area contributed by atoms with Crippen LogP contribution in [-0.2, 0) is 27.7 Å². The highest BCUT2D eigenvalue weighted by Crippen LogP contribution is 2.19. The summed E-state index contributed by atoms with van der Waals surface area (Å²) in [7, 11) is -3.29. The van der Waals surface area contributed by atoms with Crippen molar-refractivity contribution in [2.75, 3.05) is 5.75 Å². The molecule has 0 radical (unpaired) electrons. The molecule has 3 aromatic rings. The molecule has 0 bridgehead atoms. The van der Waals surface area contributed by atoms with Crippen molar-refractivity contribution in [3.8, 4) is 11.4 Å². The van der Waals surface area contributed by atoms with Crippen LogP contribution in [0, 0.1) is 0 Å². The summed E-state index contributed by atoms with van der Waals surface area (Å²) >= 11 is 0. The number of aromatic nitrogens is 4. The number of benzene rings is 1. The molecule has 0 fully saturated rings. The fraction of sp³-hybridized carbons (Fsp3) is 0.200. The predicted molar refractivity (Wildman–Crippen MR) is 107 cm³/mol. The van der Waals surface area contributed by atoms with Crippen molar-refractivity contribution in [3.05, 3.63) is 78.2 Å². The largest absolute Gasteiger partial charge is 0.329 e. The lowest BCUT2D eigenvalue weighted by atomic mass is 10.2. The van der Waals surface area contributed by atoms with Crippen LogP contribution in [0.4, 0.5) is 0 Å². The number of carbonyl (C=O) groups excluding carboxylic acids is 1. The molecular weight excluding hydrogens is 390 g/mol. The molecule has 1 aliphatic rings. The van der Waals surface area contributed by atoms with E-state index >= 15 is 0 Å². The second kappa shape index (κ2) is 7.96. The standard InChI is InChI=1S/C20H19N5O3S/c26-19(13-24-15-22-20(23-24)17-4-2-1-3-5-17)25(12-16-6-9-21-10-7-16)18-8-11-29(27,28)14-18/h1-11,15,18H,12-14H2. The minimum atomic E-state index is -3.29. The van der Waals surface area contributed by atoms with Gasteiger partial charge in [-0.3, -0.25) is 9.78 Å². The molecular formula is C20H19N5O3S. The van der Waals surface area contributed by atoms with Gasteiger partial charge in [0.25, 0.3) is 0 Å². The lowest BCUT2D eigenvalue weighted by Crippen LogP contribution is -2.42. The summed E-state index contributed by atoms with van der Waals surface area (Å²) in [5.41, 5.74) is 1.73. The van der Waals surface area contributed by atoms with Crippen LogP contribution in [0.25, 0.3) is 11.4 Å². The van der Waals surface area contributed by atoms with E-state index in [1.165, 1.54) is 16.4 Å². The van der Waals surface area contributed by atoms with Crippen LogP contribution in [0.2, 0.25) is 0 Å². The molecule has 1 amide bonds. The number of hydrogen-bond donors (Lipinski definition) is 0. The van der Waals surface area contributed by atoms with Crippen molar-refractivity contribution in [2.24, 2.45) is 0 Å². The Hall–Kier alpha value is -3.33. The second-order valence-electron chi connectivity index (χ2n) is 6.73. The normalized spacial score (nSPS) is 17.3. The highest BCUT2D eigenvalue weighted by Gasteiger charge is 2.30. The van der Waals surface area contributed by atoms with Gasteiger partial charge in [0.1, 0.15) is 12.9 Å². The number of sulfone groups is 1. The molecule has 0 spiro atoms. The first-order chi connectivity index (χ1) is 14.0. The quantitative estimate of drug-likeness (QED) is 0.614. The molecule has 4 rings (SSSR count). The van der Waals surface area contributed by atoms with Crippen molar-refractivity contribution in [1.29, 1.82) is 0 Å². The molecule has 1 aliphatic heterocycles. The summed E-state index contributed by atoms with van der Waals surface area (Å²) in [6, 6.07) is 12.6. The molecule has 0 saturated carbocycles. The Balaban J connectivity index is 1.54. The first kappa shape index (κ1) is 19.0. The Labute approximate surface area is 168 Å². The molecule has 29 heavy (non-hydrogen) atoms. The first-order valence-corrected chi connectivity index (χ1v) is 10.8. The van der Waals surface area contributed by atoms with Crippen LogP contribution in [0.5, 0.6) is 0 Å². The van der Waals surface area contributed by atoms with Crippen molar-refractivity contribution >= 4 is 15.7 Å². The highest BCUT2D eigenvalue weighted by molar-refractivity contribution is 7.94. The summed E-state index contributed by atoms with van der Waals surface area (Å²) in [5, 5.41) is 5.55. The molecule has 0 N–H and O–H groups in total. The summed E-state index contributed by atoms with van der Waals surface area (Å²) in [4.78, 5) is 22.9. The van der Waals surface area contributed by atoms with Gasteiger partial charge in [-0.2, -0.15) is 5.10 Å². The third-order valence-corrected chi connectivity index (χ3v) is 5.98. The number of rotatable bonds is 6. The van der Waals surface area contributed by atoms with Gasteiger partial charge in [0.2, 0.25) is 5.91 Å². The van der Waals surface area contributed by atoms with Gasteiger partial charge in [0.05, 0.1) is 11.8 Å². The smallest absolute Gasteiger partial charge is 0.245 e. The zero-order valence-electron chi connectivity index (χ0n) is 15.5. The van der Waals surface area contributed by atoms with Gasteiger partial charge in [-0.25, -0.2) is 18.1 Å². The second-order valence-corrected chi connectivity index (χ2v) is 8.67. The van der Waals surface area contributed by atoms with E-state index < -0.39 is 15.9 Å². The Morgan fingerprint density at radius 2 is 1.90 bits per heavy atom. The Kier molecular flexibility index (Phi) is 5.22. The SMILES string of the molecule is O=C(Cn1cnc(-c2ccccc2)n1)N(Cc1ccncc1)C1C=CS(=O)(=O)C1. The van der Waals surface area contributed by atoms with Crippen LogP contribution in [0.3, 0.4) is 0 Å². The molecule has 1 aromatic carbocycles. The van der Waals surface area contributed by atoms with Gasteiger partial charge in [-0.15, -0.1) is 0 Å². The molecule has 8 nitrogen and oxygen atoms in total. The lowest BCUT2D eigenvalue weighted by Gasteiger charge is -2.27. The number of amides is 1. The summed E-state index contributed by atoms with van der Waals surface area (Å²) in [6.45, 7) is 0.251. The van der Waals surface area contributed by atoms with E-state index in [1.54, 1.807) is 35.5 Å². The molecule has 3 heterocycles. The van der Waals surface area contributed by atoms with Crippen molar-refractivity contribution in [3.63, 3.8) is 0 Å². The van der Waals surface area contributed by atoms with Crippen molar-refractivity contribution < 1.29 is 13.2 Å². The zero-order chi connectivity index (χ0) is 20.3. The van der Waals surface area contributed by atoms with Crippen LogP contribution in [0.15, 0.2) is 72.7 Å². The number of pyridine rings is 1. The molecule has 0 aliphatic carbocycles. The average molecular weight is 409 g/mol. The number of nitrogens with zero attached hydrogens (tertiary/aromatic N) is 5. The van der Waals surface area contributed by atoms with E-state index in [4.69, 9.17) is 0 Å². The summed E-state index contributed by atoms with van der Waals surface area (Å²) in [5.74, 6) is 0.177. The minimum absolute atomic E-state index is 0.0324. The maximum absolute atomic E-state index is 13.1. The Bertz CT molecular complexity index is 1130. The van der Waals surface area contributed by atoms with E-state index in [-0.39, 0.29) is 24.7 Å². The average Bonchev–Trinajstić information content (AvgIpc) is 3.33. The van der Waals surface area contributed by atoms with Gasteiger partial charge in [-0.05, 0) is 23.8 Å². The van der Waals surface area contributed by atoms with E-state index in [0.29, 0.717) is 5.82 Å². The van der Waals surface area contributed by atoms with E-state index in [9.17, 15) is 13.2 Å². The minimum Gasteiger partial charge on any atom is -0.329 e. The topological polar surface area (TPSA) is 98.1 Å². The fourth-order valence-corrected chi connectivity index (χ4v) is 4.45. The van der Waals surface area contributed by atoms with Gasteiger partial charge in [0.15, 0.2) is 15.7 Å². The zero-order valence-corrected chi connectivity index (χ0v) is 16.3. The highest BCUT2D eigenvalue weighted by atomic mass is 32.2. The van der Waals surface area contributed by atoms with Gasteiger partial charge >= 0.3 is 0 Å². The Morgan fingerprint density at radius 1 is 1.14 bits per heavy atom. The third kappa shape index (κ3) is 4.57.